The maximum absolute atomic E-state index is 12.2. The van der Waals surface area contributed by atoms with Crippen molar-refractivity contribution in [3.05, 3.63) is 35.4 Å². The van der Waals surface area contributed by atoms with E-state index in [4.69, 9.17) is 5.73 Å². The van der Waals surface area contributed by atoms with Crippen LogP contribution in [0.25, 0.3) is 0 Å². The lowest BCUT2D eigenvalue weighted by Gasteiger charge is -2.11. The minimum absolute atomic E-state index is 0.0863. The third-order valence-corrected chi connectivity index (χ3v) is 6.91. The summed E-state index contributed by atoms with van der Waals surface area (Å²) < 4.78 is 24.5. The highest BCUT2D eigenvalue weighted by Crippen LogP contribution is 2.62. The van der Waals surface area contributed by atoms with Crippen LogP contribution in [0, 0.1) is 5.41 Å². The Morgan fingerprint density at radius 1 is 1.25 bits per heavy atom. The van der Waals surface area contributed by atoms with Crippen LogP contribution >= 0.6 is 0 Å². The van der Waals surface area contributed by atoms with Crippen LogP contribution in [0.2, 0.25) is 0 Å². The van der Waals surface area contributed by atoms with E-state index < -0.39 is 20.5 Å². The molecule has 4 nitrogen and oxygen atoms in total. The Balaban J connectivity index is 2.38. The summed E-state index contributed by atoms with van der Waals surface area (Å²) in [4.78, 5) is 0. The first-order valence-electron chi connectivity index (χ1n) is 7.08. The monoisotopic (exact) mass is 297 g/mol. The van der Waals surface area contributed by atoms with Crippen LogP contribution in [0.5, 0.6) is 0 Å². The van der Waals surface area contributed by atoms with Crippen molar-refractivity contribution >= 4 is 9.84 Å². The number of aliphatic hydroxyl groups is 1. The molecule has 0 amide bonds. The lowest BCUT2D eigenvalue weighted by molar-refractivity contribution is 0.212. The summed E-state index contributed by atoms with van der Waals surface area (Å²) in [7, 11) is -3.21. The van der Waals surface area contributed by atoms with Crippen molar-refractivity contribution in [2.24, 2.45) is 11.1 Å². The fourth-order valence-corrected chi connectivity index (χ4v) is 5.32. The molecule has 1 saturated carbocycles. The molecule has 1 aromatic carbocycles. The smallest absolute Gasteiger partial charge is 0.154 e. The zero-order chi connectivity index (χ0) is 15.0. The third kappa shape index (κ3) is 2.28. The number of hydrogen-bond donors (Lipinski definition) is 2. The van der Waals surface area contributed by atoms with Gasteiger partial charge in [0, 0.05) is 23.6 Å². The fraction of sp³-hybridized carbons (Fsp3) is 0.600. The molecule has 3 atom stereocenters. The molecule has 1 fully saturated rings. The molecule has 0 unspecified atom stereocenters. The van der Waals surface area contributed by atoms with Crippen molar-refractivity contribution < 1.29 is 13.5 Å². The van der Waals surface area contributed by atoms with Gasteiger partial charge in [-0.2, -0.15) is 0 Å². The van der Waals surface area contributed by atoms with Crippen LogP contribution < -0.4 is 5.73 Å². The molecule has 1 aliphatic rings. The Bertz CT molecular complexity index is 561. The van der Waals surface area contributed by atoms with Crippen molar-refractivity contribution in [2.45, 2.75) is 31.4 Å². The first kappa shape index (κ1) is 15.5. The molecular formula is C15H23NO3S. The standard InChI is InChI=1S/C15H23NO3S/c1-3-11-5-7-12(8-6-11)13-14(20(18,19)4-2)15(13,9-16)10-17/h5-8,13-14,17H,3-4,9-10,16H2,1-2H3/t13-,14-,15+/m1/s1. The highest BCUT2D eigenvalue weighted by Gasteiger charge is 2.69. The Morgan fingerprint density at radius 2 is 1.85 bits per heavy atom. The number of nitrogens with two attached hydrogens (primary N) is 1. The van der Waals surface area contributed by atoms with E-state index in [1.165, 1.54) is 5.56 Å². The van der Waals surface area contributed by atoms with Crippen LogP contribution in [0.1, 0.15) is 30.9 Å². The second-order valence-electron chi connectivity index (χ2n) is 5.54. The predicted octanol–water partition coefficient (Wildman–Crippen LogP) is 1.09. The average molecular weight is 297 g/mol. The molecule has 112 valence electrons. The van der Waals surface area contributed by atoms with Crippen molar-refractivity contribution in [3.8, 4) is 0 Å². The molecule has 0 bridgehead atoms. The lowest BCUT2D eigenvalue weighted by atomic mass is 9.99. The van der Waals surface area contributed by atoms with Gasteiger partial charge in [0.25, 0.3) is 0 Å². The SMILES string of the molecule is CCc1ccc([C@@H]2[C@@H](S(=O)(=O)CC)[C@@]2(CN)CO)cc1. The largest absolute Gasteiger partial charge is 0.396 e. The number of hydrogen-bond acceptors (Lipinski definition) is 4. The van der Waals surface area contributed by atoms with Gasteiger partial charge >= 0.3 is 0 Å². The summed E-state index contributed by atoms with van der Waals surface area (Å²) in [5.41, 5.74) is 7.25. The zero-order valence-corrected chi connectivity index (χ0v) is 12.9. The van der Waals surface area contributed by atoms with Gasteiger partial charge in [-0.15, -0.1) is 0 Å². The summed E-state index contributed by atoms with van der Waals surface area (Å²) in [6.45, 7) is 3.72. The van der Waals surface area contributed by atoms with Crippen molar-refractivity contribution in [1.82, 2.24) is 0 Å². The molecule has 5 heteroatoms. The topological polar surface area (TPSA) is 80.4 Å². The van der Waals surface area contributed by atoms with Gasteiger partial charge in [0.2, 0.25) is 0 Å². The maximum atomic E-state index is 12.2. The van der Waals surface area contributed by atoms with E-state index in [0.29, 0.717) is 0 Å². The minimum atomic E-state index is -3.21. The number of aliphatic hydroxyl groups excluding tert-OH is 1. The van der Waals surface area contributed by atoms with Gasteiger partial charge in [0.1, 0.15) is 0 Å². The van der Waals surface area contributed by atoms with Gasteiger partial charge in [-0.05, 0) is 17.5 Å². The first-order valence-corrected chi connectivity index (χ1v) is 8.79. The van der Waals surface area contributed by atoms with Crippen LogP contribution in [0.15, 0.2) is 24.3 Å². The molecule has 1 aliphatic carbocycles. The zero-order valence-electron chi connectivity index (χ0n) is 12.0. The van der Waals surface area contributed by atoms with Gasteiger partial charge in [-0.1, -0.05) is 38.1 Å². The number of benzene rings is 1. The van der Waals surface area contributed by atoms with Crippen molar-refractivity contribution in [3.63, 3.8) is 0 Å². The van der Waals surface area contributed by atoms with Crippen LogP contribution in [-0.2, 0) is 16.3 Å². The summed E-state index contributed by atoms with van der Waals surface area (Å²) >= 11 is 0. The normalized spacial score (nSPS) is 29.4. The van der Waals surface area contributed by atoms with Gasteiger partial charge in [0.15, 0.2) is 9.84 Å². The van der Waals surface area contributed by atoms with Crippen molar-refractivity contribution in [1.29, 1.82) is 0 Å². The van der Waals surface area contributed by atoms with Gasteiger partial charge < -0.3 is 10.8 Å². The summed E-state index contributed by atoms with van der Waals surface area (Å²) in [6, 6.07) is 7.97. The van der Waals surface area contributed by atoms with E-state index in [1.807, 2.05) is 24.3 Å². The second kappa shape index (κ2) is 5.47. The van der Waals surface area contributed by atoms with E-state index in [2.05, 4.69) is 6.92 Å². The van der Waals surface area contributed by atoms with Crippen molar-refractivity contribution in [2.75, 3.05) is 18.9 Å². The molecule has 0 spiro atoms. The number of aryl methyl sites for hydroxylation is 1. The lowest BCUT2D eigenvalue weighted by Crippen LogP contribution is -2.28. The van der Waals surface area contributed by atoms with Gasteiger partial charge in [0.05, 0.1) is 11.9 Å². The fourth-order valence-electron chi connectivity index (χ4n) is 3.16. The highest BCUT2D eigenvalue weighted by molar-refractivity contribution is 7.92. The molecule has 0 radical (unpaired) electrons. The second-order valence-corrected chi connectivity index (χ2v) is 7.95. The summed E-state index contributed by atoms with van der Waals surface area (Å²) in [5, 5.41) is 9.12. The summed E-state index contributed by atoms with van der Waals surface area (Å²) in [5.74, 6) is -0.100. The molecule has 3 N–H and O–H groups in total. The first-order chi connectivity index (χ1) is 9.46. The third-order valence-electron chi connectivity index (χ3n) is 4.59. The predicted molar refractivity (Wildman–Crippen MR) is 80.4 cm³/mol. The molecule has 0 saturated heterocycles. The summed E-state index contributed by atoms with van der Waals surface area (Å²) in [6.07, 6.45) is 0.948. The molecule has 0 heterocycles. The van der Waals surface area contributed by atoms with Gasteiger partial charge in [-0.3, -0.25) is 0 Å². The van der Waals surface area contributed by atoms with E-state index in [1.54, 1.807) is 6.92 Å². The quantitative estimate of drug-likeness (QED) is 0.823. The maximum Gasteiger partial charge on any atom is 0.154 e. The van der Waals surface area contributed by atoms with E-state index in [0.717, 1.165) is 12.0 Å². The van der Waals surface area contributed by atoms with E-state index >= 15 is 0 Å². The van der Waals surface area contributed by atoms with E-state index in [9.17, 15) is 13.5 Å². The number of rotatable bonds is 6. The Hall–Kier alpha value is -0.910. The minimum Gasteiger partial charge on any atom is -0.396 e. The molecule has 0 aliphatic heterocycles. The van der Waals surface area contributed by atoms with Gasteiger partial charge in [-0.25, -0.2) is 8.42 Å². The Morgan fingerprint density at radius 3 is 2.25 bits per heavy atom. The average Bonchev–Trinajstić information content (AvgIpc) is 3.18. The van der Waals surface area contributed by atoms with Crippen LogP contribution in [-0.4, -0.2) is 37.7 Å². The van der Waals surface area contributed by atoms with Crippen LogP contribution in [0.3, 0.4) is 0 Å². The Kier molecular flexibility index (Phi) is 4.23. The highest BCUT2D eigenvalue weighted by atomic mass is 32.2. The molecular weight excluding hydrogens is 274 g/mol. The Labute approximate surface area is 120 Å². The number of sulfone groups is 1. The van der Waals surface area contributed by atoms with E-state index in [-0.39, 0.29) is 24.8 Å². The van der Waals surface area contributed by atoms with Crippen LogP contribution in [0.4, 0.5) is 0 Å². The molecule has 1 aromatic rings. The molecule has 20 heavy (non-hydrogen) atoms. The molecule has 0 aromatic heterocycles. The molecule has 2 rings (SSSR count).